The molecule has 5 nitrogen and oxygen atoms in total. The topological polar surface area (TPSA) is 35.2 Å². The minimum Gasteiger partial charge on any atom is -0.509 e. The number of rotatable bonds is 6. The fourth-order valence-electron chi connectivity index (χ4n) is 11.1. The first kappa shape index (κ1) is 49.3. The van der Waals surface area contributed by atoms with Gasteiger partial charge in [0.25, 0.3) is 0 Å². The Kier molecular flexibility index (Phi) is 12.1. The number of hydrogen-bond acceptors (Lipinski definition) is 3. The van der Waals surface area contributed by atoms with Crippen molar-refractivity contribution in [1.82, 2.24) is 14.1 Å². The van der Waals surface area contributed by atoms with Gasteiger partial charge in [0.1, 0.15) is 5.82 Å². The number of ether oxygens (including phenoxy) is 1. The average Bonchev–Trinajstić information content (AvgIpc) is 4.22. The van der Waals surface area contributed by atoms with Gasteiger partial charge in [-0.15, -0.1) is 35.7 Å². The molecule has 1 aliphatic rings. The first-order valence-corrected chi connectivity index (χ1v) is 26.7. The molecule has 0 unspecified atom stereocenters. The van der Waals surface area contributed by atoms with Gasteiger partial charge >= 0.3 is 0 Å². The molecule has 390 valence electrons. The van der Waals surface area contributed by atoms with Crippen LogP contribution in [0.4, 0.5) is 11.4 Å². The Labute approximate surface area is 471 Å². The number of nitrogens with zero attached hydrogens (tertiary/aromatic N) is 4. The summed E-state index contributed by atoms with van der Waals surface area (Å²) in [6.45, 7) is 28.3. The number of fused-ring (bicyclic) bond motifs is 10. The predicted molar refractivity (Wildman–Crippen MR) is 321 cm³/mol. The van der Waals surface area contributed by atoms with E-state index >= 15 is 0 Å². The van der Waals surface area contributed by atoms with Crippen molar-refractivity contribution in [2.75, 3.05) is 4.90 Å². The van der Waals surface area contributed by atoms with Crippen LogP contribution in [0, 0.1) is 24.2 Å². The number of benzene rings is 8. The van der Waals surface area contributed by atoms with E-state index in [2.05, 4.69) is 241 Å². The van der Waals surface area contributed by atoms with Crippen molar-refractivity contribution in [1.29, 1.82) is 0 Å². The molecule has 12 rings (SSSR count). The molecule has 0 saturated heterocycles. The first-order valence-electron chi connectivity index (χ1n) is 27.7. The fourth-order valence-corrected chi connectivity index (χ4v) is 11.1. The first-order chi connectivity index (χ1) is 37.0. The van der Waals surface area contributed by atoms with Crippen LogP contribution in [0.1, 0.15) is 108 Å². The van der Waals surface area contributed by atoms with Crippen LogP contribution in [0.3, 0.4) is 0 Å². The van der Waals surface area contributed by atoms with Gasteiger partial charge in [0, 0.05) is 52.7 Å². The molecular formula is C71H67N4OPt-3. The van der Waals surface area contributed by atoms with Crippen LogP contribution >= 0.6 is 0 Å². The zero-order valence-electron chi connectivity index (χ0n) is 48.3. The molecule has 0 bridgehead atoms. The zero-order valence-corrected chi connectivity index (χ0v) is 48.5. The standard InChI is InChI=1S/C71H67N4O.Pt/c1-68(2,3)43-45-36-46(38-49(37-45)71(10,11)12)53-25-18-26-59-56-32-30-47(69(4,5)6)39-61(56)55-23-14-13-22-54(55)60-27-19-29-63-67(60)74(66(53)59)44-73(63)50-20-17-21-51(41-50)76-52-31-33-58-57-24-15-16-28-62(57)75(64(58)42-52)65-40-48(34-35-72-65)70(7,8)9;/h13-40,44H,43H2,1-12H3;/q-3;/i43D2;. The second-order valence-corrected chi connectivity index (χ2v) is 24.8. The van der Waals surface area contributed by atoms with Gasteiger partial charge in [0.2, 0.25) is 0 Å². The molecule has 0 aliphatic carbocycles. The molecule has 0 N–H and O–H groups in total. The van der Waals surface area contributed by atoms with E-state index in [0.29, 0.717) is 17.1 Å². The fraction of sp³-hybridized carbons (Fsp3) is 0.239. The molecule has 77 heavy (non-hydrogen) atoms. The van der Waals surface area contributed by atoms with Crippen molar-refractivity contribution < 1.29 is 28.5 Å². The van der Waals surface area contributed by atoms with Gasteiger partial charge < -0.3 is 18.8 Å². The summed E-state index contributed by atoms with van der Waals surface area (Å²) in [5.74, 6) is 1.96. The summed E-state index contributed by atoms with van der Waals surface area (Å²) in [7, 11) is 0. The van der Waals surface area contributed by atoms with Crippen molar-refractivity contribution in [3.8, 4) is 28.4 Å². The third kappa shape index (κ3) is 9.45. The van der Waals surface area contributed by atoms with E-state index in [9.17, 15) is 2.74 Å². The average molecular weight is 1190 g/mol. The summed E-state index contributed by atoms with van der Waals surface area (Å²) in [5.41, 5.74) is 10.9. The van der Waals surface area contributed by atoms with E-state index in [-0.39, 0.29) is 37.3 Å². The Morgan fingerprint density at radius 3 is 1.86 bits per heavy atom. The van der Waals surface area contributed by atoms with Crippen LogP contribution in [0.5, 0.6) is 11.5 Å². The van der Waals surface area contributed by atoms with Gasteiger partial charge in [-0.05, 0) is 141 Å². The van der Waals surface area contributed by atoms with Gasteiger partial charge in [0.05, 0.1) is 0 Å². The third-order valence-electron chi connectivity index (χ3n) is 15.0. The SMILES string of the molecule is [2H]C([2H])(c1cc(-c2cccc3c4ccc(C(C)(C)C)cc4c4ccccc4c4cccc5c4n(c23)[CH-]N5c2[c-]c(Oc3[c-]c4c(cc3)c3ccccc3n4-c3cc(C(C)(C)C)ccn3)ccc2)cc(C(C)(C)C)c1)C(C)(C)C.[Pt]. The van der Waals surface area contributed by atoms with E-state index in [4.69, 9.17) is 9.72 Å². The van der Waals surface area contributed by atoms with E-state index < -0.39 is 11.8 Å². The molecule has 0 saturated carbocycles. The Bertz CT molecular complexity index is 4310. The molecule has 8 aromatic carbocycles. The van der Waals surface area contributed by atoms with E-state index in [0.717, 1.165) is 93.7 Å². The molecule has 0 radical (unpaired) electrons. The third-order valence-corrected chi connectivity index (χ3v) is 15.0. The van der Waals surface area contributed by atoms with E-state index in [1.54, 1.807) is 0 Å². The molecule has 4 heterocycles. The minimum absolute atomic E-state index is 0. The molecule has 3 aromatic heterocycles. The van der Waals surface area contributed by atoms with Gasteiger partial charge in [-0.3, -0.25) is 0 Å². The maximum atomic E-state index is 9.65. The quantitative estimate of drug-likeness (QED) is 0.156. The summed E-state index contributed by atoms with van der Waals surface area (Å²) in [6.07, 6.45) is 0.272. The predicted octanol–water partition coefficient (Wildman–Crippen LogP) is 19.4. The molecule has 1 aliphatic heterocycles. The number of anilines is 2. The van der Waals surface area contributed by atoms with Crippen molar-refractivity contribution >= 4 is 76.5 Å². The molecule has 0 fully saturated rings. The molecular weight excluding hydrogens is 1120 g/mol. The van der Waals surface area contributed by atoms with Gasteiger partial charge in [-0.2, -0.15) is 12.1 Å². The summed E-state index contributed by atoms with van der Waals surface area (Å²) < 4.78 is 30.7. The van der Waals surface area contributed by atoms with Gasteiger partial charge in [-0.25, -0.2) is 4.98 Å². The van der Waals surface area contributed by atoms with Crippen LogP contribution in [-0.4, -0.2) is 14.1 Å². The number of para-hydroxylation sites is 3. The minimum atomic E-state index is -1.63. The number of aromatic nitrogens is 3. The van der Waals surface area contributed by atoms with E-state index in [1.807, 2.05) is 45.2 Å². The summed E-state index contributed by atoms with van der Waals surface area (Å²) in [4.78, 5) is 7.13. The molecule has 11 aromatic rings. The van der Waals surface area contributed by atoms with Crippen molar-refractivity contribution in [2.24, 2.45) is 5.41 Å². The molecule has 6 heteroatoms. The number of pyridine rings is 1. The van der Waals surface area contributed by atoms with Crippen LogP contribution in [0.15, 0.2) is 170 Å². The second-order valence-electron chi connectivity index (χ2n) is 24.8. The molecule has 0 spiro atoms. The summed E-state index contributed by atoms with van der Waals surface area (Å²) >= 11 is 0. The van der Waals surface area contributed by atoms with Crippen LogP contribution in [0.25, 0.3) is 82.1 Å². The van der Waals surface area contributed by atoms with Crippen LogP contribution < -0.4 is 9.64 Å². The van der Waals surface area contributed by atoms with E-state index in [1.165, 1.54) is 16.5 Å². The maximum absolute atomic E-state index is 9.65. The van der Waals surface area contributed by atoms with Crippen molar-refractivity contribution in [3.05, 3.63) is 211 Å². The van der Waals surface area contributed by atoms with Crippen LogP contribution in [0.2, 0.25) is 0 Å². The summed E-state index contributed by atoms with van der Waals surface area (Å²) in [6, 6.07) is 65.9. The zero-order chi connectivity index (χ0) is 54.8. The maximum Gasteiger partial charge on any atom is 0.135 e. The van der Waals surface area contributed by atoms with Crippen molar-refractivity contribution in [2.45, 2.75) is 106 Å². The molecule has 0 atom stereocenters. The largest absolute Gasteiger partial charge is 0.509 e. The molecule has 0 amide bonds. The smallest absolute Gasteiger partial charge is 0.135 e. The summed E-state index contributed by atoms with van der Waals surface area (Å²) in [5, 5.41) is 8.95. The second kappa shape index (κ2) is 19.0. The normalized spacial score (nSPS) is 13.5. The number of hydrogen-bond donors (Lipinski definition) is 0. The van der Waals surface area contributed by atoms with Crippen LogP contribution in [-0.2, 0) is 43.7 Å². The van der Waals surface area contributed by atoms with Gasteiger partial charge in [-0.1, -0.05) is 203 Å². The monoisotopic (exact) mass is 1190 g/mol. The van der Waals surface area contributed by atoms with Crippen molar-refractivity contribution in [3.63, 3.8) is 0 Å². The Balaban J connectivity index is 0.00000660. The Hall–Kier alpha value is -7.33. The Morgan fingerprint density at radius 1 is 0.519 bits per heavy atom. The van der Waals surface area contributed by atoms with Gasteiger partial charge in [0.15, 0.2) is 0 Å². The Morgan fingerprint density at radius 2 is 1.13 bits per heavy atom.